The van der Waals surface area contributed by atoms with Gasteiger partial charge in [-0.05, 0) is 37.5 Å². The van der Waals surface area contributed by atoms with Gasteiger partial charge in [0, 0.05) is 11.8 Å². The van der Waals surface area contributed by atoms with E-state index in [0.717, 1.165) is 6.07 Å². The first-order valence-electron chi connectivity index (χ1n) is 5.47. The fourth-order valence-corrected chi connectivity index (χ4v) is 2.48. The van der Waals surface area contributed by atoms with Crippen LogP contribution in [0.25, 0.3) is 0 Å². The number of carbonyl (C=O) groups is 1. The lowest BCUT2D eigenvalue weighted by atomic mass is 9.70. The Balaban J connectivity index is 2.72. The summed E-state index contributed by atoms with van der Waals surface area (Å²) in [5.74, 6) is -0.123. The summed E-state index contributed by atoms with van der Waals surface area (Å²) in [6, 6.07) is 4.14. The Kier molecular flexibility index (Phi) is 2.56. The Morgan fingerprint density at radius 1 is 1.18 bits per heavy atom. The zero-order valence-electron chi connectivity index (χ0n) is 9.69. The van der Waals surface area contributed by atoms with E-state index in [9.17, 15) is 18.0 Å². The minimum absolute atomic E-state index is 0.123. The van der Waals surface area contributed by atoms with Crippen molar-refractivity contribution in [2.24, 2.45) is 0 Å². The Labute approximate surface area is 97.6 Å². The zero-order valence-corrected chi connectivity index (χ0v) is 9.69. The molecule has 0 saturated heterocycles. The standard InChI is InChI=1S/C13H13F3O/c1-12(2)10(17)7-6-8-4-3-5-9(11(8)12)13(14,15)16/h3-5H,6-7H2,1-2H3. The van der Waals surface area contributed by atoms with E-state index in [2.05, 4.69) is 0 Å². The number of alkyl halides is 3. The van der Waals surface area contributed by atoms with Gasteiger partial charge in [-0.25, -0.2) is 0 Å². The molecule has 0 amide bonds. The Morgan fingerprint density at radius 2 is 1.82 bits per heavy atom. The van der Waals surface area contributed by atoms with Crippen molar-refractivity contribution < 1.29 is 18.0 Å². The summed E-state index contributed by atoms with van der Waals surface area (Å²) in [7, 11) is 0. The molecule has 0 bridgehead atoms. The maximum absolute atomic E-state index is 12.9. The molecular weight excluding hydrogens is 229 g/mol. The maximum Gasteiger partial charge on any atom is 0.416 e. The topological polar surface area (TPSA) is 17.1 Å². The highest BCUT2D eigenvalue weighted by atomic mass is 19.4. The number of hydrogen-bond donors (Lipinski definition) is 0. The van der Waals surface area contributed by atoms with Crippen molar-refractivity contribution in [3.05, 3.63) is 34.9 Å². The van der Waals surface area contributed by atoms with E-state index in [4.69, 9.17) is 0 Å². The second-order valence-corrected chi connectivity index (χ2v) is 4.89. The quantitative estimate of drug-likeness (QED) is 0.680. The molecule has 0 heterocycles. The Hall–Kier alpha value is -1.32. The molecule has 4 heteroatoms. The van der Waals surface area contributed by atoms with Crippen LogP contribution in [0.1, 0.15) is 37.0 Å². The van der Waals surface area contributed by atoms with E-state index in [1.54, 1.807) is 19.9 Å². The van der Waals surface area contributed by atoms with Crippen LogP contribution in [0.2, 0.25) is 0 Å². The predicted molar refractivity (Wildman–Crippen MR) is 57.8 cm³/mol. The first-order chi connectivity index (χ1) is 7.74. The normalized spacial score (nSPS) is 19.0. The molecular formula is C13H13F3O. The van der Waals surface area contributed by atoms with Gasteiger partial charge in [-0.2, -0.15) is 13.2 Å². The summed E-state index contributed by atoms with van der Waals surface area (Å²) in [5, 5.41) is 0. The molecule has 0 unspecified atom stereocenters. The van der Waals surface area contributed by atoms with Crippen LogP contribution in [-0.4, -0.2) is 5.78 Å². The van der Waals surface area contributed by atoms with Gasteiger partial charge in [-0.3, -0.25) is 4.79 Å². The Morgan fingerprint density at radius 3 is 2.41 bits per heavy atom. The van der Waals surface area contributed by atoms with Crippen LogP contribution in [0.15, 0.2) is 18.2 Å². The molecule has 17 heavy (non-hydrogen) atoms. The van der Waals surface area contributed by atoms with Gasteiger partial charge >= 0.3 is 6.18 Å². The largest absolute Gasteiger partial charge is 0.416 e. The average molecular weight is 242 g/mol. The number of hydrogen-bond acceptors (Lipinski definition) is 1. The van der Waals surface area contributed by atoms with E-state index >= 15 is 0 Å². The molecule has 0 spiro atoms. The van der Waals surface area contributed by atoms with Crippen LogP contribution >= 0.6 is 0 Å². The summed E-state index contributed by atoms with van der Waals surface area (Å²) >= 11 is 0. The number of rotatable bonds is 0. The summed E-state index contributed by atoms with van der Waals surface area (Å²) < 4.78 is 38.8. The Bertz CT molecular complexity index is 472. The van der Waals surface area contributed by atoms with Gasteiger partial charge in [0.25, 0.3) is 0 Å². The molecule has 0 atom stereocenters. The second kappa shape index (κ2) is 3.59. The van der Waals surface area contributed by atoms with Gasteiger partial charge in [0.1, 0.15) is 5.78 Å². The van der Waals surface area contributed by atoms with E-state index in [1.807, 2.05) is 0 Å². The lowest BCUT2D eigenvalue weighted by molar-refractivity contribution is -0.139. The van der Waals surface area contributed by atoms with Crippen molar-refractivity contribution in [2.75, 3.05) is 0 Å². The highest BCUT2D eigenvalue weighted by Gasteiger charge is 2.43. The molecule has 1 aliphatic carbocycles. The molecule has 2 rings (SSSR count). The lowest BCUT2D eigenvalue weighted by Crippen LogP contribution is -2.36. The van der Waals surface area contributed by atoms with Crippen molar-refractivity contribution in [3.8, 4) is 0 Å². The van der Waals surface area contributed by atoms with Gasteiger partial charge in [0.15, 0.2) is 0 Å². The van der Waals surface area contributed by atoms with Gasteiger partial charge in [-0.1, -0.05) is 12.1 Å². The maximum atomic E-state index is 12.9. The minimum Gasteiger partial charge on any atom is -0.299 e. The predicted octanol–water partition coefficient (Wildman–Crippen LogP) is 3.50. The molecule has 0 saturated carbocycles. The number of ketones is 1. The van der Waals surface area contributed by atoms with Gasteiger partial charge in [0.05, 0.1) is 5.56 Å². The third-order valence-electron chi connectivity index (χ3n) is 3.40. The molecule has 1 aromatic rings. The SMILES string of the molecule is CC1(C)C(=O)CCc2cccc(C(F)(F)F)c21. The van der Waals surface area contributed by atoms with Crippen molar-refractivity contribution in [1.82, 2.24) is 0 Å². The summed E-state index contributed by atoms with van der Waals surface area (Å²) in [6.07, 6.45) is -3.68. The monoisotopic (exact) mass is 242 g/mol. The average Bonchev–Trinajstić information content (AvgIpc) is 2.22. The molecule has 92 valence electrons. The fraction of sp³-hybridized carbons (Fsp3) is 0.462. The molecule has 1 aromatic carbocycles. The summed E-state index contributed by atoms with van der Waals surface area (Å²) in [5.41, 5.74) is -0.916. The fourth-order valence-electron chi connectivity index (χ4n) is 2.48. The third kappa shape index (κ3) is 1.85. The molecule has 0 N–H and O–H groups in total. The van der Waals surface area contributed by atoms with Crippen LogP contribution in [-0.2, 0) is 22.8 Å². The molecule has 0 fully saturated rings. The first kappa shape index (κ1) is 12.1. The minimum atomic E-state index is -4.40. The summed E-state index contributed by atoms with van der Waals surface area (Å²) in [4.78, 5) is 11.8. The van der Waals surface area contributed by atoms with E-state index in [1.165, 1.54) is 6.07 Å². The third-order valence-corrected chi connectivity index (χ3v) is 3.40. The van der Waals surface area contributed by atoms with Crippen LogP contribution in [0, 0.1) is 0 Å². The number of fused-ring (bicyclic) bond motifs is 1. The van der Waals surface area contributed by atoms with Crippen LogP contribution in [0.5, 0.6) is 0 Å². The van der Waals surface area contributed by atoms with Crippen molar-refractivity contribution >= 4 is 5.78 Å². The number of halogens is 3. The number of Topliss-reactive ketones (excluding diaryl/α,β-unsaturated/α-hetero) is 1. The van der Waals surface area contributed by atoms with Crippen LogP contribution in [0.4, 0.5) is 13.2 Å². The number of carbonyl (C=O) groups excluding carboxylic acids is 1. The zero-order chi connectivity index (χ0) is 12.8. The molecule has 0 aliphatic heterocycles. The van der Waals surface area contributed by atoms with Crippen LogP contribution < -0.4 is 0 Å². The molecule has 0 aromatic heterocycles. The van der Waals surface area contributed by atoms with E-state index in [0.29, 0.717) is 18.4 Å². The van der Waals surface area contributed by atoms with Crippen molar-refractivity contribution in [2.45, 2.75) is 38.3 Å². The van der Waals surface area contributed by atoms with Gasteiger partial charge in [0.2, 0.25) is 0 Å². The first-order valence-corrected chi connectivity index (χ1v) is 5.47. The van der Waals surface area contributed by atoms with Gasteiger partial charge in [-0.15, -0.1) is 0 Å². The molecule has 1 aliphatic rings. The van der Waals surface area contributed by atoms with Gasteiger partial charge < -0.3 is 0 Å². The number of aryl methyl sites for hydroxylation is 1. The smallest absolute Gasteiger partial charge is 0.299 e. The number of benzene rings is 1. The highest BCUT2D eigenvalue weighted by Crippen LogP contribution is 2.42. The van der Waals surface area contributed by atoms with Crippen molar-refractivity contribution in [3.63, 3.8) is 0 Å². The highest BCUT2D eigenvalue weighted by molar-refractivity contribution is 5.92. The van der Waals surface area contributed by atoms with Crippen LogP contribution in [0.3, 0.4) is 0 Å². The summed E-state index contributed by atoms with van der Waals surface area (Å²) in [6.45, 7) is 3.14. The van der Waals surface area contributed by atoms with E-state index < -0.39 is 17.2 Å². The lowest BCUT2D eigenvalue weighted by Gasteiger charge is -2.33. The molecule has 1 nitrogen and oxygen atoms in total. The molecule has 0 radical (unpaired) electrons. The second-order valence-electron chi connectivity index (χ2n) is 4.89. The van der Waals surface area contributed by atoms with E-state index in [-0.39, 0.29) is 11.3 Å². The van der Waals surface area contributed by atoms with Crippen molar-refractivity contribution in [1.29, 1.82) is 0 Å².